The van der Waals surface area contributed by atoms with E-state index >= 15 is 0 Å². The van der Waals surface area contributed by atoms with Crippen LogP contribution in [0.1, 0.15) is 41.0 Å². The molecule has 1 aromatic carbocycles. The Bertz CT molecular complexity index is 501. The lowest BCUT2D eigenvalue weighted by molar-refractivity contribution is 0.0391. The molecule has 0 saturated carbocycles. The van der Waals surface area contributed by atoms with Crippen LogP contribution in [0.3, 0.4) is 0 Å². The van der Waals surface area contributed by atoms with E-state index in [1.165, 1.54) is 6.07 Å². The summed E-state index contributed by atoms with van der Waals surface area (Å²) in [5.74, 6) is -0.902. The van der Waals surface area contributed by atoms with Gasteiger partial charge in [0, 0.05) is 17.1 Å². The third kappa shape index (κ3) is 6.01. The Labute approximate surface area is 138 Å². The van der Waals surface area contributed by atoms with Crippen molar-refractivity contribution in [1.82, 2.24) is 0 Å². The van der Waals surface area contributed by atoms with Crippen molar-refractivity contribution in [3.8, 4) is 0 Å². The van der Waals surface area contributed by atoms with Gasteiger partial charge in [0.05, 0.1) is 30.4 Å². The zero-order valence-corrected chi connectivity index (χ0v) is 14.5. The smallest absolute Gasteiger partial charge is 0.338 e. The lowest BCUT2D eigenvalue weighted by Gasteiger charge is -2.10. The second-order valence-electron chi connectivity index (χ2n) is 4.42. The summed E-state index contributed by atoms with van der Waals surface area (Å²) in [7, 11) is 1.61. The third-order valence-electron chi connectivity index (χ3n) is 2.80. The average Bonchev–Trinajstić information content (AvgIpc) is 2.46. The first-order valence-electron chi connectivity index (χ1n) is 6.65. The average molecular weight is 406 g/mol. The Kier molecular flexibility index (Phi) is 7.66. The van der Waals surface area contributed by atoms with Crippen molar-refractivity contribution < 1.29 is 23.8 Å². The summed E-state index contributed by atoms with van der Waals surface area (Å²) >= 11 is 2.04. The van der Waals surface area contributed by atoms with E-state index in [4.69, 9.17) is 14.2 Å². The van der Waals surface area contributed by atoms with Crippen molar-refractivity contribution in [2.24, 2.45) is 0 Å². The highest BCUT2D eigenvalue weighted by Gasteiger charge is 2.14. The minimum atomic E-state index is -0.456. The van der Waals surface area contributed by atoms with Gasteiger partial charge in [-0.05, 0) is 54.6 Å². The quantitative estimate of drug-likeness (QED) is 0.515. The summed E-state index contributed by atoms with van der Waals surface area (Å²) in [5.41, 5.74) is 0.691. The predicted molar refractivity (Wildman–Crippen MR) is 86.5 cm³/mol. The van der Waals surface area contributed by atoms with Crippen LogP contribution in [0.2, 0.25) is 0 Å². The van der Waals surface area contributed by atoms with Gasteiger partial charge in [0.2, 0.25) is 0 Å². The largest absolute Gasteiger partial charge is 0.462 e. The standard InChI is InChI=1S/C15H19IO5/c1-4-20-14(17)11-7-12(9-13(16)8-11)15(18)21-6-5-10(2)19-3/h7-10H,4-6H2,1-3H3/t10-/m0/s1. The van der Waals surface area contributed by atoms with E-state index in [9.17, 15) is 9.59 Å². The molecule has 0 amide bonds. The van der Waals surface area contributed by atoms with E-state index in [1.54, 1.807) is 26.2 Å². The molecule has 0 aliphatic heterocycles. The third-order valence-corrected chi connectivity index (χ3v) is 3.43. The molecule has 116 valence electrons. The number of carbonyl (C=O) groups excluding carboxylic acids is 2. The van der Waals surface area contributed by atoms with Gasteiger partial charge in [-0.2, -0.15) is 0 Å². The maximum atomic E-state index is 12.0. The van der Waals surface area contributed by atoms with E-state index in [1.807, 2.05) is 29.5 Å². The van der Waals surface area contributed by atoms with E-state index in [0.717, 1.165) is 3.57 Å². The van der Waals surface area contributed by atoms with Crippen LogP contribution in [0, 0.1) is 3.57 Å². The molecule has 0 spiro atoms. The highest BCUT2D eigenvalue weighted by molar-refractivity contribution is 14.1. The summed E-state index contributed by atoms with van der Waals surface area (Å²) < 4.78 is 16.0. The molecule has 0 bridgehead atoms. The Hall–Kier alpha value is -1.15. The fourth-order valence-corrected chi connectivity index (χ4v) is 2.23. The zero-order valence-electron chi connectivity index (χ0n) is 12.3. The fourth-order valence-electron chi connectivity index (χ4n) is 1.56. The first-order chi connectivity index (χ1) is 9.97. The second-order valence-corrected chi connectivity index (χ2v) is 5.67. The second kappa shape index (κ2) is 8.99. The van der Waals surface area contributed by atoms with Crippen LogP contribution in [-0.2, 0) is 14.2 Å². The topological polar surface area (TPSA) is 61.8 Å². The van der Waals surface area contributed by atoms with Crippen molar-refractivity contribution in [2.75, 3.05) is 20.3 Å². The zero-order chi connectivity index (χ0) is 15.8. The fraction of sp³-hybridized carbons (Fsp3) is 0.467. The number of esters is 2. The van der Waals surface area contributed by atoms with E-state index in [2.05, 4.69) is 0 Å². The van der Waals surface area contributed by atoms with Crippen molar-refractivity contribution in [3.05, 3.63) is 32.9 Å². The molecule has 5 nitrogen and oxygen atoms in total. The molecule has 0 aromatic heterocycles. The number of rotatable bonds is 7. The van der Waals surface area contributed by atoms with Gasteiger partial charge in [0.15, 0.2) is 0 Å². The maximum Gasteiger partial charge on any atom is 0.338 e. The van der Waals surface area contributed by atoms with Gasteiger partial charge in [-0.25, -0.2) is 9.59 Å². The molecular formula is C15H19IO5. The molecule has 0 radical (unpaired) electrons. The molecule has 0 heterocycles. The Morgan fingerprint density at radius 2 is 1.71 bits per heavy atom. The van der Waals surface area contributed by atoms with Gasteiger partial charge in [0.1, 0.15) is 0 Å². The SMILES string of the molecule is CCOC(=O)c1cc(I)cc(C(=O)OCC[C@H](C)OC)c1. The number of benzene rings is 1. The van der Waals surface area contributed by atoms with E-state index in [-0.39, 0.29) is 12.7 Å². The van der Waals surface area contributed by atoms with Crippen LogP contribution in [0.5, 0.6) is 0 Å². The summed E-state index contributed by atoms with van der Waals surface area (Å²) in [6.07, 6.45) is 0.653. The number of ether oxygens (including phenoxy) is 3. The number of carbonyl (C=O) groups is 2. The highest BCUT2D eigenvalue weighted by atomic mass is 127. The van der Waals surface area contributed by atoms with Crippen LogP contribution >= 0.6 is 22.6 Å². The van der Waals surface area contributed by atoms with Gasteiger partial charge in [-0.15, -0.1) is 0 Å². The summed E-state index contributed by atoms with van der Waals surface area (Å²) in [5, 5.41) is 0. The van der Waals surface area contributed by atoms with Crippen LogP contribution in [0.25, 0.3) is 0 Å². The number of halogens is 1. The Morgan fingerprint density at radius 1 is 1.14 bits per heavy atom. The van der Waals surface area contributed by atoms with Crippen molar-refractivity contribution in [3.63, 3.8) is 0 Å². The lowest BCUT2D eigenvalue weighted by atomic mass is 10.1. The molecule has 6 heteroatoms. The monoisotopic (exact) mass is 406 g/mol. The van der Waals surface area contributed by atoms with Crippen molar-refractivity contribution in [1.29, 1.82) is 0 Å². The number of methoxy groups -OCH3 is 1. The Balaban J connectivity index is 2.73. The maximum absolute atomic E-state index is 12.0. The molecular weight excluding hydrogens is 387 g/mol. The van der Waals surface area contributed by atoms with Gasteiger partial charge < -0.3 is 14.2 Å². The summed E-state index contributed by atoms with van der Waals surface area (Å²) in [6.45, 7) is 4.20. The molecule has 0 fully saturated rings. The summed E-state index contributed by atoms with van der Waals surface area (Å²) in [6, 6.07) is 4.83. The molecule has 0 unspecified atom stereocenters. The highest BCUT2D eigenvalue weighted by Crippen LogP contribution is 2.15. The van der Waals surface area contributed by atoms with Crippen LogP contribution in [0.4, 0.5) is 0 Å². The van der Waals surface area contributed by atoms with Gasteiger partial charge >= 0.3 is 11.9 Å². The van der Waals surface area contributed by atoms with Gasteiger partial charge in [-0.1, -0.05) is 0 Å². The number of hydrogen-bond donors (Lipinski definition) is 0. The first-order valence-corrected chi connectivity index (χ1v) is 7.73. The Morgan fingerprint density at radius 3 is 2.24 bits per heavy atom. The summed E-state index contributed by atoms with van der Waals surface area (Å²) in [4.78, 5) is 23.7. The minimum absolute atomic E-state index is 0.0313. The molecule has 1 aromatic rings. The molecule has 0 N–H and O–H groups in total. The number of hydrogen-bond acceptors (Lipinski definition) is 5. The van der Waals surface area contributed by atoms with Crippen molar-refractivity contribution in [2.45, 2.75) is 26.4 Å². The van der Waals surface area contributed by atoms with Gasteiger partial charge in [-0.3, -0.25) is 0 Å². The molecule has 21 heavy (non-hydrogen) atoms. The molecule has 0 aliphatic rings. The predicted octanol–water partition coefficient (Wildman–Crippen LogP) is 3.05. The van der Waals surface area contributed by atoms with E-state index < -0.39 is 11.9 Å². The minimum Gasteiger partial charge on any atom is -0.462 e. The molecule has 1 rings (SSSR count). The van der Waals surface area contributed by atoms with Gasteiger partial charge in [0.25, 0.3) is 0 Å². The molecule has 0 saturated heterocycles. The first kappa shape index (κ1) is 17.9. The van der Waals surface area contributed by atoms with Crippen LogP contribution in [0.15, 0.2) is 18.2 Å². The van der Waals surface area contributed by atoms with Crippen LogP contribution < -0.4 is 0 Å². The van der Waals surface area contributed by atoms with Crippen LogP contribution in [-0.4, -0.2) is 38.4 Å². The molecule has 1 atom stereocenters. The van der Waals surface area contributed by atoms with Crippen molar-refractivity contribution >= 4 is 34.5 Å². The lowest BCUT2D eigenvalue weighted by Crippen LogP contribution is -2.14. The van der Waals surface area contributed by atoms with E-state index in [0.29, 0.717) is 24.2 Å². The molecule has 0 aliphatic carbocycles. The normalized spacial score (nSPS) is 11.8.